The van der Waals surface area contributed by atoms with Gasteiger partial charge in [0.1, 0.15) is 6.54 Å². The largest absolute Gasteiger partial charge is 0.481 e. The van der Waals surface area contributed by atoms with E-state index in [9.17, 15) is 14.7 Å². The van der Waals surface area contributed by atoms with Crippen LogP contribution in [0.5, 0.6) is 0 Å². The number of ether oxygens (including phenoxy) is 1. The summed E-state index contributed by atoms with van der Waals surface area (Å²) >= 11 is 0. The van der Waals surface area contributed by atoms with Crippen LogP contribution in [0, 0.1) is 0 Å². The third-order valence-corrected chi connectivity index (χ3v) is 5.18. The zero-order chi connectivity index (χ0) is 23.5. The van der Waals surface area contributed by atoms with Gasteiger partial charge < -0.3 is 19.4 Å². The molecule has 6 heteroatoms. The number of esters is 1. The van der Waals surface area contributed by atoms with E-state index in [0.717, 1.165) is 57.8 Å². The van der Waals surface area contributed by atoms with E-state index in [1.54, 1.807) is 0 Å². The molecule has 0 aromatic carbocycles. The number of carbonyl (C=O) groups excluding carboxylic acids is 1. The minimum atomic E-state index is -0.948. The van der Waals surface area contributed by atoms with E-state index < -0.39 is 12.1 Å². The maximum atomic E-state index is 12.0. The first-order valence-corrected chi connectivity index (χ1v) is 12.2. The number of quaternary nitrogens is 1. The molecule has 0 heterocycles. The highest BCUT2D eigenvalue weighted by atomic mass is 16.5. The number of unbranched alkanes of at least 4 members (excludes halogenated alkanes) is 7. The summed E-state index contributed by atoms with van der Waals surface area (Å²) < 4.78 is 5.94. The number of likely N-dealkylation sites (N-methyl/N-ethyl adjacent to an activating group) is 1. The van der Waals surface area contributed by atoms with Crippen LogP contribution in [0.1, 0.15) is 96.8 Å². The van der Waals surface area contributed by atoms with E-state index >= 15 is 0 Å². The number of hydrogen-bond donors (Lipinski definition) is 2. The highest BCUT2D eigenvalue weighted by Crippen LogP contribution is 2.13. The third-order valence-electron chi connectivity index (χ3n) is 5.18. The quantitative estimate of drug-likeness (QED) is 0.119. The average Bonchev–Trinajstić information content (AvgIpc) is 2.64. The fraction of sp³-hybridized carbons (Fsp3) is 0.840. The molecule has 0 bridgehead atoms. The van der Waals surface area contributed by atoms with Gasteiger partial charge >= 0.3 is 11.9 Å². The Bertz CT molecular complexity index is 499. The SMILES string of the molecule is CCCCC/C=C/CCC(O)CCCCCCCC(=O)OC(CC(=O)O)C[N+](C)(C)C. The van der Waals surface area contributed by atoms with Crippen molar-refractivity contribution in [2.75, 3.05) is 27.7 Å². The van der Waals surface area contributed by atoms with Gasteiger partial charge in [-0.05, 0) is 38.5 Å². The summed E-state index contributed by atoms with van der Waals surface area (Å²) in [6, 6.07) is 0. The van der Waals surface area contributed by atoms with E-state index in [4.69, 9.17) is 9.84 Å². The summed E-state index contributed by atoms with van der Waals surface area (Å²) in [4.78, 5) is 23.0. The third kappa shape index (κ3) is 21.6. The van der Waals surface area contributed by atoms with Gasteiger partial charge in [0.15, 0.2) is 6.10 Å². The fourth-order valence-electron chi connectivity index (χ4n) is 3.55. The van der Waals surface area contributed by atoms with E-state index in [0.29, 0.717) is 17.4 Å². The van der Waals surface area contributed by atoms with Gasteiger partial charge in [0.2, 0.25) is 0 Å². The summed E-state index contributed by atoms with van der Waals surface area (Å²) in [7, 11) is 5.85. The summed E-state index contributed by atoms with van der Waals surface area (Å²) in [6.45, 7) is 2.69. The van der Waals surface area contributed by atoms with Crippen LogP contribution in [0.4, 0.5) is 0 Å². The first-order chi connectivity index (χ1) is 14.6. The topological polar surface area (TPSA) is 83.8 Å². The number of aliphatic hydroxyl groups is 1. The highest BCUT2D eigenvalue weighted by molar-refractivity contribution is 5.71. The van der Waals surface area contributed by atoms with Gasteiger partial charge in [0, 0.05) is 6.42 Å². The molecule has 2 unspecified atom stereocenters. The van der Waals surface area contributed by atoms with Crippen LogP contribution < -0.4 is 0 Å². The number of aliphatic hydroxyl groups excluding tert-OH is 1. The van der Waals surface area contributed by atoms with Crippen molar-refractivity contribution in [3.8, 4) is 0 Å². The predicted octanol–water partition coefficient (Wildman–Crippen LogP) is 5.09. The number of carboxylic acid groups (broad SMARTS) is 1. The van der Waals surface area contributed by atoms with Gasteiger partial charge in [-0.1, -0.05) is 57.6 Å². The van der Waals surface area contributed by atoms with E-state index in [2.05, 4.69) is 19.1 Å². The van der Waals surface area contributed by atoms with Crippen LogP contribution in [0.3, 0.4) is 0 Å². The Morgan fingerprint density at radius 3 is 2.19 bits per heavy atom. The van der Waals surface area contributed by atoms with Gasteiger partial charge in [0.25, 0.3) is 0 Å². The van der Waals surface area contributed by atoms with Gasteiger partial charge in [-0.3, -0.25) is 9.59 Å². The number of aliphatic carboxylic acids is 1. The molecular weight excluding hydrogens is 394 g/mol. The van der Waals surface area contributed by atoms with Crippen LogP contribution >= 0.6 is 0 Å². The number of carbonyl (C=O) groups is 2. The van der Waals surface area contributed by atoms with Crippen LogP contribution in [0.25, 0.3) is 0 Å². The van der Waals surface area contributed by atoms with Crippen molar-refractivity contribution in [3.05, 3.63) is 12.2 Å². The van der Waals surface area contributed by atoms with Crippen molar-refractivity contribution < 1.29 is 29.0 Å². The number of rotatable bonds is 20. The Hall–Kier alpha value is -1.40. The van der Waals surface area contributed by atoms with Gasteiger partial charge in [-0.25, -0.2) is 0 Å². The monoisotopic (exact) mass is 442 g/mol. The number of nitrogens with zero attached hydrogens (tertiary/aromatic N) is 1. The molecule has 0 aromatic heterocycles. The lowest BCUT2D eigenvalue weighted by Crippen LogP contribution is -2.43. The number of carboxylic acids is 1. The number of hydrogen-bond acceptors (Lipinski definition) is 4. The van der Waals surface area contributed by atoms with E-state index in [-0.39, 0.29) is 18.5 Å². The lowest BCUT2D eigenvalue weighted by molar-refractivity contribution is -0.873. The lowest BCUT2D eigenvalue weighted by atomic mass is 10.0. The maximum Gasteiger partial charge on any atom is 0.307 e. The molecule has 182 valence electrons. The second-order valence-corrected chi connectivity index (χ2v) is 9.69. The van der Waals surface area contributed by atoms with E-state index in [1.807, 2.05) is 21.1 Å². The zero-order valence-corrected chi connectivity index (χ0v) is 20.5. The van der Waals surface area contributed by atoms with Crippen LogP contribution in [-0.2, 0) is 14.3 Å². The molecule has 2 atom stereocenters. The predicted molar refractivity (Wildman–Crippen MR) is 126 cm³/mol. The Morgan fingerprint density at radius 2 is 1.55 bits per heavy atom. The first kappa shape index (κ1) is 29.6. The Kier molecular flexibility index (Phi) is 17.4. The van der Waals surface area contributed by atoms with Crippen molar-refractivity contribution in [2.45, 2.75) is 109 Å². The Balaban J connectivity index is 3.75. The average molecular weight is 443 g/mol. The second-order valence-electron chi connectivity index (χ2n) is 9.69. The normalized spacial score (nSPS) is 14.0. The molecule has 0 aliphatic carbocycles. The smallest absolute Gasteiger partial charge is 0.307 e. The molecule has 0 aliphatic heterocycles. The standard InChI is InChI=1S/C25H47NO5/c1-5-6-7-8-9-11-14-17-22(27)18-15-12-10-13-16-19-25(30)31-23(20-24(28)29)21-26(2,3)4/h9,11,22-23,27H,5-8,10,12-21H2,1-4H3/p+1/b11-9+. The molecule has 0 spiro atoms. The first-order valence-electron chi connectivity index (χ1n) is 12.2. The summed E-state index contributed by atoms with van der Waals surface area (Å²) in [6.07, 6.45) is 16.2. The van der Waals surface area contributed by atoms with Crippen LogP contribution in [-0.4, -0.2) is 66.5 Å². The molecule has 0 radical (unpaired) electrons. The Morgan fingerprint density at radius 1 is 0.903 bits per heavy atom. The second kappa shape index (κ2) is 18.2. The van der Waals surface area contributed by atoms with Crippen molar-refractivity contribution in [2.24, 2.45) is 0 Å². The summed E-state index contributed by atoms with van der Waals surface area (Å²) in [5.41, 5.74) is 0. The highest BCUT2D eigenvalue weighted by Gasteiger charge is 2.24. The molecule has 0 aromatic rings. The van der Waals surface area contributed by atoms with Crippen molar-refractivity contribution in [3.63, 3.8) is 0 Å². The summed E-state index contributed by atoms with van der Waals surface area (Å²) in [5.74, 6) is -1.26. The number of allylic oxidation sites excluding steroid dienone is 2. The molecule has 0 saturated carbocycles. The molecule has 0 rings (SSSR count). The molecule has 0 aliphatic rings. The van der Waals surface area contributed by atoms with Crippen molar-refractivity contribution in [1.29, 1.82) is 0 Å². The minimum absolute atomic E-state index is 0.155. The van der Waals surface area contributed by atoms with Crippen molar-refractivity contribution in [1.82, 2.24) is 0 Å². The minimum Gasteiger partial charge on any atom is -0.481 e. The van der Waals surface area contributed by atoms with Gasteiger partial charge in [-0.15, -0.1) is 0 Å². The van der Waals surface area contributed by atoms with Crippen LogP contribution in [0.15, 0.2) is 12.2 Å². The maximum absolute atomic E-state index is 12.0. The van der Waals surface area contributed by atoms with E-state index in [1.165, 1.54) is 19.3 Å². The van der Waals surface area contributed by atoms with Gasteiger partial charge in [0.05, 0.1) is 33.7 Å². The Labute approximate surface area is 190 Å². The molecule has 0 amide bonds. The molecule has 31 heavy (non-hydrogen) atoms. The zero-order valence-electron chi connectivity index (χ0n) is 20.5. The molecule has 0 saturated heterocycles. The molecular formula is C25H48NO5+. The molecule has 6 nitrogen and oxygen atoms in total. The van der Waals surface area contributed by atoms with Crippen LogP contribution in [0.2, 0.25) is 0 Å². The van der Waals surface area contributed by atoms with Crippen molar-refractivity contribution >= 4 is 11.9 Å². The van der Waals surface area contributed by atoms with Gasteiger partial charge in [-0.2, -0.15) is 0 Å². The summed E-state index contributed by atoms with van der Waals surface area (Å²) in [5, 5.41) is 19.1. The lowest BCUT2D eigenvalue weighted by Gasteiger charge is -2.28. The fourth-order valence-corrected chi connectivity index (χ4v) is 3.55. The molecule has 2 N–H and O–H groups in total. The molecule has 0 fully saturated rings.